The molecular weight excluding hydrogens is 573 g/mol. The predicted octanol–water partition coefficient (Wildman–Crippen LogP) is 7.37. The molecule has 0 saturated carbocycles. The Kier molecular flexibility index (Phi) is 9.04. The first-order valence-electron chi connectivity index (χ1n) is 12.2. The lowest BCUT2D eigenvalue weighted by molar-refractivity contribution is -0.348. The molecule has 0 fully saturated rings. The minimum atomic E-state index is -6.28. The molecule has 0 bridgehead atoms. The number of anilines is 2. The molecule has 1 unspecified atom stereocenters. The van der Waals surface area contributed by atoms with Gasteiger partial charge in [0.15, 0.2) is 0 Å². The van der Waals surface area contributed by atoms with Gasteiger partial charge in [-0.25, -0.2) is 4.39 Å². The molecule has 3 rings (SSSR count). The average molecular weight is 599 g/mol. The van der Waals surface area contributed by atoms with Crippen molar-refractivity contribution in [2.45, 2.75) is 44.7 Å². The zero-order valence-electron chi connectivity index (χ0n) is 22.6. The highest BCUT2D eigenvalue weighted by atomic mass is 19.4. The summed E-state index contributed by atoms with van der Waals surface area (Å²) in [4.78, 5) is 37.6. The number of halogens is 7. The van der Waals surface area contributed by atoms with Crippen LogP contribution in [0.15, 0.2) is 60.7 Å². The van der Waals surface area contributed by atoms with Gasteiger partial charge in [0.25, 0.3) is 11.8 Å². The van der Waals surface area contributed by atoms with Crippen molar-refractivity contribution in [3.05, 3.63) is 94.0 Å². The summed E-state index contributed by atoms with van der Waals surface area (Å²) in [6, 6.07) is 12.6. The van der Waals surface area contributed by atoms with E-state index in [0.717, 1.165) is 13.8 Å². The van der Waals surface area contributed by atoms with Gasteiger partial charge in [0.2, 0.25) is 0 Å². The SMILES string of the molecule is COC(=O)C(C)c1cccc(C(=O)Nc2cccc(C(=O)Nc3c(C)cc(C(F)(C(F)(F)F)C(F)(F)F)cc3C)c2)c1. The minimum Gasteiger partial charge on any atom is -0.469 e. The predicted molar refractivity (Wildman–Crippen MR) is 140 cm³/mol. The summed E-state index contributed by atoms with van der Waals surface area (Å²) < 4.78 is 98.5. The summed E-state index contributed by atoms with van der Waals surface area (Å²) in [7, 11) is 1.24. The number of ether oxygens (including phenoxy) is 1. The number of hydrogen-bond acceptors (Lipinski definition) is 4. The first-order chi connectivity index (χ1) is 19.4. The van der Waals surface area contributed by atoms with Crippen LogP contribution in [0.1, 0.15) is 55.8 Å². The first kappa shape index (κ1) is 32.1. The van der Waals surface area contributed by atoms with Crippen LogP contribution in [0.4, 0.5) is 42.1 Å². The number of rotatable bonds is 7. The monoisotopic (exact) mass is 598 g/mol. The highest BCUT2D eigenvalue weighted by molar-refractivity contribution is 6.08. The second-order valence-electron chi connectivity index (χ2n) is 9.50. The van der Waals surface area contributed by atoms with Crippen LogP contribution >= 0.6 is 0 Å². The van der Waals surface area contributed by atoms with E-state index in [1.165, 1.54) is 43.5 Å². The van der Waals surface area contributed by atoms with Crippen LogP contribution in [0.3, 0.4) is 0 Å². The number of hydrogen-bond donors (Lipinski definition) is 2. The summed E-state index contributed by atoms with van der Waals surface area (Å²) in [5.74, 6) is -2.47. The van der Waals surface area contributed by atoms with Crippen LogP contribution in [0.2, 0.25) is 0 Å². The molecule has 13 heteroatoms. The highest BCUT2D eigenvalue weighted by Crippen LogP contribution is 2.53. The van der Waals surface area contributed by atoms with Gasteiger partial charge in [0, 0.05) is 28.1 Å². The summed E-state index contributed by atoms with van der Waals surface area (Å²) in [6.07, 6.45) is -12.6. The van der Waals surface area contributed by atoms with E-state index in [4.69, 9.17) is 4.74 Å². The maximum Gasteiger partial charge on any atom is 0.435 e. The molecule has 2 N–H and O–H groups in total. The molecule has 224 valence electrons. The molecule has 3 aromatic rings. The molecular formula is C29H25F7N2O4. The van der Waals surface area contributed by atoms with Gasteiger partial charge in [-0.2, -0.15) is 26.3 Å². The van der Waals surface area contributed by atoms with Crippen molar-refractivity contribution in [3.63, 3.8) is 0 Å². The zero-order valence-corrected chi connectivity index (χ0v) is 22.6. The third kappa shape index (κ3) is 6.39. The van der Waals surface area contributed by atoms with Gasteiger partial charge in [-0.15, -0.1) is 0 Å². The molecule has 0 aliphatic heterocycles. The Morgan fingerprint density at radius 2 is 1.24 bits per heavy atom. The minimum absolute atomic E-state index is 0.00541. The van der Waals surface area contributed by atoms with Crippen LogP contribution < -0.4 is 10.6 Å². The normalized spacial score (nSPS) is 12.8. The van der Waals surface area contributed by atoms with Gasteiger partial charge in [0.1, 0.15) is 0 Å². The lowest BCUT2D eigenvalue weighted by Gasteiger charge is -2.31. The van der Waals surface area contributed by atoms with Crippen molar-refractivity contribution >= 4 is 29.2 Å². The van der Waals surface area contributed by atoms with E-state index in [0.29, 0.717) is 17.7 Å². The largest absolute Gasteiger partial charge is 0.469 e. The van der Waals surface area contributed by atoms with Crippen LogP contribution in [0, 0.1) is 13.8 Å². The van der Waals surface area contributed by atoms with E-state index < -0.39 is 47.3 Å². The van der Waals surface area contributed by atoms with E-state index in [2.05, 4.69) is 10.6 Å². The van der Waals surface area contributed by atoms with Gasteiger partial charge in [-0.3, -0.25) is 14.4 Å². The van der Waals surface area contributed by atoms with E-state index in [9.17, 15) is 45.1 Å². The van der Waals surface area contributed by atoms with Crippen molar-refractivity contribution in [3.8, 4) is 0 Å². The third-order valence-electron chi connectivity index (χ3n) is 6.54. The Morgan fingerprint density at radius 3 is 1.76 bits per heavy atom. The zero-order chi connectivity index (χ0) is 31.6. The van der Waals surface area contributed by atoms with Crippen LogP contribution in [-0.4, -0.2) is 37.2 Å². The molecule has 0 spiro atoms. The molecule has 0 heterocycles. The third-order valence-corrected chi connectivity index (χ3v) is 6.54. The van der Waals surface area contributed by atoms with Gasteiger partial charge in [0.05, 0.1) is 13.0 Å². The topological polar surface area (TPSA) is 84.5 Å². The Labute approximate surface area is 235 Å². The van der Waals surface area contributed by atoms with E-state index in [1.807, 2.05) is 0 Å². The number of amides is 2. The van der Waals surface area contributed by atoms with Crippen molar-refractivity contribution in [2.24, 2.45) is 0 Å². The van der Waals surface area contributed by atoms with Gasteiger partial charge >= 0.3 is 24.0 Å². The standard InChI is InChI=1S/C29H25F7N2O4/c1-15-11-21(27(30,28(31,32)33)29(34,35)36)12-16(2)23(15)38-25(40)20-9-6-10-22(14-20)37-24(39)19-8-5-7-18(13-19)17(3)26(41)42-4/h5-14,17H,1-4H3,(H,37,39)(H,38,40). The van der Waals surface area contributed by atoms with E-state index >= 15 is 0 Å². The van der Waals surface area contributed by atoms with Crippen molar-refractivity contribution in [2.75, 3.05) is 17.7 Å². The highest BCUT2D eigenvalue weighted by Gasteiger charge is 2.73. The number of aryl methyl sites for hydroxylation is 2. The number of nitrogens with one attached hydrogen (secondary N) is 2. The molecule has 0 aliphatic carbocycles. The lowest BCUT2D eigenvalue weighted by atomic mass is 9.90. The fourth-order valence-electron chi connectivity index (χ4n) is 4.24. The number of benzene rings is 3. The lowest BCUT2D eigenvalue weighted by Crippen LogP contribution is -2.50. The second kappa shape index (κ2) is 11.8. The summed E-state index contributed by atoms with van der Waals surface area (Å²) in [6.45, 7) is 3.87. The Hall–Kier alpha value is -4.42. The fraction of sp³-hybridized carbons (Fsp3) is 0.276. The van der Waals surface area contributed by atoms with E-state index in [1.54, 1.807) is 19.1 Å². The maximum atomic E-state index is 14.5. The smallest absolute Gasteiger partial charge is 0.435 e. The van der Waals surface area contributed by atoms with Gasteiger partial charge in [-0.1, -0.05) is 30.3 Å². The quantitative estimate of drug-likeness (QED) is 0.220. The Bertz CT molecular complexity index is 1480. The number of esters is 1. The number of methoxy groups -OCH3 is 1. The van der Waals surface area contributed by atoms with Crippen LogP contribution in [-0.2, 0) is 15.2 Å². The van der Waals surface area contributed by atoms with E-state index in [-0.39, 0.29) is 33.6 Å². The molecule has 0 aromatic heterocycles. The van der Waals surface area contributed by atoms with Crippen molar-refractivity contribution in [1.82, 2.24) is 0 Å². The van der Waals surface area contributed by atoms with Crippen molar-refractivity contribution in [1.29, 1.82) is 0 Å². The molecule has 1 atom stereocenters. The summed E-state index contributed by atoms with van der Waals surface area (Å²) >= 11 is 0. The fourth-order valence-corrected chi connectivity index (χ4v) is 4.24. The molecule has 42 heavy (non-hydrogen) atoms. The first-order valence-corrected chi connectivity index (χ1v) is 12.2. The molecule has 0 aliphatic rings. The van der Waals surface area contributed by atoms with Crippen LogP contribution in [0.25, 0.3) is 0 Å². The summed E-state index contributed by atoms with van der Waals surface area (Å²) in [5.41, 5.74) is -6.91. The number of alkyl halides is 7. The molecule has 0 radical (unpaired) electrons. The van der Waals surface area contributed by atoms with Crippen molar-refractivity contribution < 1.29 is 49.9 Å². The molecule has 6 nitrogen and oxygen atoms in total. The second-order valence-corrected chi connectivity index (χ2v) is 9.50. The average Bonchev–Trinajstić information content (AvgIpc) is 2.92. The molecule has 2 amide bonds. The van der Waals surface area contributed by atoms with Gasteiger partial charge < -0.3 is 15.4 Å². The van der Waals surface area contributed by atoms with Gasteiger partial charge in [-0.05, 0) is 67.8 Å². The van der Waals surface area contributed by atoms with Crippen LogP contribution in [0.5, 0.6) is 0 Å². The Morgan fingerprint density at radius 1 is 0.738 bits per heavy atom. The number of carbonyl (C=O) groups excluding carboxylic acids is 3. The number of carbonyl (C=O) groups is 3. The summed E-state index contributed by atoms with van der Waals surface area (Å²) in [5, 5.41) is 5.03. The maximum absolute atomic E-state index is 14.5. The molecule has 3 aromatic carbocycles. The molecule has 0 saturated heterocycles. The Balaban J connectivity index is 1.83.